The van der Waals surface area contributed by atoms with E-state index in [9.17, 15) is 9.35 Å². The quantitative estimate of drug-likeness (QED) is 0.265. The molecule has 2 aromatic heterocycles. The normalized spacial score (nSPS) is 14.9. The highest BCUT2D eigenvalue weighted by atomic mass is 32.2. The molecule has 1 aliphatic heterocycles. The number of carbonyl (C=O) groups excluding carboxylic acids is 1. The Hall–Kier alpha value is -3.86. The first-order valence-corrected chi connectivity index (χ1v) is 13.4. The lowest BCUT2D eigenvalue weighted by Crippen LogP contribution is -2.49. The van der Waals surface area contributed by atoms with Crippen LogP contribution in [-0.2, 0) is 16.2 Å². The van der Waals surface area contributed by atoms with Crippen molar-refractivity contribution >= 4 is 39.7 Å². The first kappa shape index (κ1) is 24.8. The predicted octanol–water partition coefficient (Wildman–Crippen LogP) is 4.35. The molecule has 190 valence electrons. The topological polar surface area (TPSA) is 109 Å². The Morgan fingerprint density at radius 1 is 1.16 bits per heavy atom. The highest BCUT2D eigenvalue weighted by molar-refractivity contribution is 7.89. The number of hydrogen-bond donors (Lipinski definition) is 2. The van der Waals surface area contributed by atoms with E-state index < -0.39 is 11.4 Å². The molecule has 0 aliphatic carbocycles. The van der Waals surface area contributed by atoms with Crippen molar-refractivity contribution < 1.29 is 14.1 Å². The standard InChI is InChI=1S/C27H28N6O3S/c1-3-25(34)30-20-6-5-7-22(16-20)36-27-23-17-24(31-26(23)28-18-29-27)19-8-10-21(11-9-19)32-12-14-33(15-13-32)37(35)4-2/h3,5-11,16-18H,1,4,12-15H2,2H3,(H,30,34)(H,28,29,31). The number of carbonyl (C=O) groups is 1. The van der Waals surface area contributed by atoms with Crippen molar-refractivity contribution in [2.75, 3.05) is 42.1 Å². The third-order valence-electron chi connectivity index (χ3n) is 6.21. The Labute approximate surface area is 218 Å². The predicted molar refractivity (Wildman–Crippen MR) is 147 cm³/mol. The second kappa shape index (κ2) is 11.0. The van der Waals surface area contributed by atoms with Crippen molar-refractivity contribution in [2.24, 2.45) is 0 Å². The number of hydrogen-bond acceptors (Lipinski definition) is 7. The third kappa shape index (κ3) is 5.61. The second-order valence-electron chi connectivity index (χ2n) is 8.52. The number of aromatic nitrogens is 3. The maximum Gasteiger partial charge on any atom is 0.247 e. The molecule has 3 heterocycles. The highest BCUT2D eigenvalue weighted by Crippen LogP contribution is 2.32. The van der Waals surface area contributed by atoms with Gasteiger partial charge in [-0.05, 0) is 48.9 Å². The monoisotopic (exact) mass is 516 g/mol. The van der Waals surface area contributed by atoms with Crippen molar-refractivity contribution in [2.45, 2.75) is 6.92 Å². The van der Waals surface area contributed by atoms with E-state index in [1.165, 1.54) is 12.4 Å². The summed E-state index contributed by atoms with van der Waals surface area (Å²) < 4.78 is 20.1. The van der Waals surface area contributed by atoms with Crippen molar-refractivity contribution in [3.63, 3.8) is 0 Å². The Morgan fingerprint density at radius 2 is 1.95 bits per heavy atom. The fourth-order valence-corrected chi connectivity index (χ4v) is 5.22. The van der Waals surface area contributed by atoms with Crippen LogP contribution in [0.1, 0.15) is 6.92 Å². The average Bonchev–Trinajstić information content (AvgIpc) is 3.38. The Balaban J connectivity index is 1.32. The molecule has 1 amide bonds. The summed E-state index contributed by atoms with van der Waals surface area (Å²) in [6, 6.07) is 17.4. The molecule has 2 N–H and O–H groups in total. The van der Waals surface area contributed by atoms with Gasteiger partial charge in [0.2, 0.25) is 11.8 Å². The van der Waals surface area contributed by atoms with E-state index in [2.05, 4.69) is 56.0 Å². The number of amides is 1. The lowest BCUT2D eigenvalue weighted by atomic mass is 10.1. The smallest absolute Gasteiger partial charge is 0.247 e. The van der Waals surface area contributed by atoms with Crippen LogP contribution in [0.3, 0.4) is 0 Å². The summed E-state index contributed by atoms with van der Waals surface area (Å²) in [5, 5.41) is 3.48. The molecule has 4 aromatic rings. The summed E-state index contributed by atoms with van der Waals surface area (Å²) in [5.41, 5.74) is 4.34. The van der Waals surface area contributed by atoms with Crippen LogP contribution < -0.4 is 15.0 Å². The number of aromatic amines is 1. The number of piperazine rings is 1. The number of anilines is 2. The molecule has 5 rings (SSSR count). The Morgan fingerprint density at radius 3 is 2.68 bits per heavy atom. The summed E-state index contributed by atoms with van der Waals surface area (Å²) in [4.78, 5) is 26.0. The first-order valence-electron chi connectivity index (χ1n) is 12.1. The van der Waals surface area contributed by atoms with Gasteiger partial charge in [-0.3, -0.25) is 4.79 Å². The van der Waals surface area contributed by atoms with Gasteiger partial charge in [-0.2, -0.15) is 0 Å². The maximum absolute atomic E-state index is 12.1. The van der Waals surface area contributed by atoms with Crippen LogP contribution in [0.4, 0.5) is 11.4 Å². The molecule has 0 saturated carbocycles. The number of nitrogens with zero attached hydrogens (tertiary/aromatic N) is 4. The first-order chi connectivity index (χ1) is 18.0. The van der Waals surface area contributed by atoms with Crippen molar-refractivity contribution in [1.29, 1.82) is 0 Å². The van der Waals surface area contributed by atoms with Gasteiger partial charge in [-0.15, -0.1) is 4.31 Å². The number of benzene rings is 2. The van der Waals surface area contributed by atoms with Gasteiger partial charge in [0, 0.05) is 47.6 Å². The van der Waals surface area contributed by atoms with E-state index in [-0.39, 0.29) is 5.91 Å². The Bertz CT molecular complexity index is 1400. The molecule has 10 heteroatoms. The zero-order valence-corrected chi connectivity index (χ0v) is 21.3. The molecule has 0 spiro atoms. The summed E-state index contributed by atoms with van der Waals surface area (Å²) >= 11 is -0.880. The highest BCUT2D eigenvalue weighted by Gasteiger charge is 2.24. The minimum absolute atomic E-state index is 0.293. The van der Waals surface area contributed by atoms with Gasteiger partial charge in [0.25, 0.3) is 0 Å². The summed E-state index contributed by atoms with van der Waals surface area (Å²) in [7, 11) is 0. The third-order valence-corrected chi connectivity index (χ3v) is 7.64. The van der Waals surface area contributed by atoms with E-state index in [0.717, 1.165) is 48.5 Å². The van der Waals surface area contributed by atoms with Crippen LogP contribution in [0.5, 0.6) is 11.6 Å². The molecule has 0 radical (unpaired) electrons. The number of H-pyrrole nitrogens is 1. The van der Waals surface area contributed by atoms with Crippen LogP contribution in [0.15, 0.2) is 73.6 Å². The number of nitrogens with one attached hydrogen (secondary N) is 2. The molecule has 37 heavy (non-hydrogen) atoms. The summed E-state index contributed by atoms with van der Waals surface area (Å²) in [6.07, 6.45) is 2.67. The van der Waals surface area contributed by atoms with Crippen LogP contribution in [0.2, 0.25) is 0 Å². The molecule has 0 bridgehead atoms. The van der Waals surface area contributed by atoms with E-state index in [4.69, 9.17) is 4.74 Å². The van der Waals surface area contributed by atoms with Gasteiger partial charge in [0.15, 0.2) is 0 Å². The van der Waals surface area contributed by atoms with Gasteiger partial charge < -0.3 is 24.5 Å². The molecule has 9 nitrogen and oxygen atoms in total. The number of rotatable bonds is 8. The number of fused-ring (bicyclic) bond motifs is 1. The Kier molecular flexibility index (Phi) is 7.40. The molecule has 2 aromatic carbocycles. The zero-order chi connectivity index (χ0) is 25.8. The molecule has 1 atom stereocenters. The fourth-order valence-electron chi connectivity index (χ4n) is 4.28. The number of ether oxygens (including phenoxy) is 1. The summed E-state index contributed by atoms with van der Waals surface area (Å²) in [6.45, 7) is 8.73. The molecule has 1 fully saturated rings. The molecular weight excluding hydrogens is 488 g/mol. The SMILES string of the molecule is C=CC(=O)Nc1cccc(Oc2ncnc3[nH]c(-c4ccc(N5CCN([S+]([O-])CC)CC5)cc4)cc23)c1. The van der Waals surface area contributed by atoms with Gasteiger partial charge in [-0.1, -0.05) is 24.8 Å². The average molecular weight is 517 g/mol. The molecular formula is C27H28N6O3S. The van der Waals surface area contributed by atoms with E-state index in [0.29, 0.717) is 28.7 Å². The van der Waals surface area contributed by atoms with Crippen LogP contribution in [-0.4, -0.2) is 61.6 Å². The van der Waals surface area contributed by atoms with Crippen LogP contribution in [0, 0.1) is 0 Å². The van der Waals surface area contributed by atoms with Gasteiger partial charge in [-0.25, -0.2) is 9.97 Å². The van der Waals surface area contributed by atoms with Gasteiger partial charge in [0.05, 0.1) is 18.5 Å². The summed E-state index contributed by atoms with van der Waals surface area (Å²) in [5.74, 6) is 1.32. The van der Waals surface area contributed by atoms with E-state index in [1.54, 1.807) is 24.3 Å². The lowest BCUT2D eigenvalue weighted by Gasteiger charge is -2.35. The minimum Gasteiger partial charge on any atom is -0.598 e. The molecule has 1 unspecified atom stereocenters. The molecule has 1 aliphatic rings. The van der Waals surface area contributed by atoms with E-state index in [1.807, 2.05) is 17.3 Å². The fraction of sp³-hybridized carbons (Fsp3) is 0.222. The minimum atomic E-state index is -0.880. The van der Waals surface area contributed by atoms with Crippen LogP contribution in [0.25, 0.3) is 22.3 Å². The van der Waals surface area contributed by atoms with E-state index >= 15 is 0 Å². The molecule has 1 saturated heterocycles. The van der Waals surface area contributed by atoms with Gasteiger partial charge in [0.1, 0.15) is 23.5 Å². The second-order valence-corrected chi connectivity index (χ2v) is 10.3. The van der Waals surface area contributed by atoms with Crippen LogP contribution >= 0.6 is 0 Å². The largest absolute Gasteiger partial charge is 0.598 e. The lowest BCUT2D eigenvalue weighted by molar-refractivity contribution is -0.111. The van der Waals surface area contributed by atoms with Crippen molar-refractivity contribution in [3.05, 3.63) is 73.6 Å². The zero-order valence-electron chi connectivity index (χ0n) is 20.5. The van der Waals surface area contributed by atoms with Gasteiger partial charge >= 0.3 is 0 Å². The maximum atomic E-state index is 12.1. The van der Waals surface area contributed by atoms with Crippen molar-refractivity contribution in [3.8, 4) is 22.9 Å². The van der Waals surface area contributed by atoms with Crippen molar-refractivity contribution in [1.82, 2.24) is 19.3 Å².